The molecule has 0 aliphatic heterocycles. The molecule has 0 aliphatic rings. The Morgan fingerprint density at radius 2 is 1.80 bits per heavy atom. The third-order valence-electron chi connectivity index (χ3n) is 3.62. The van der Waals surface area contributed by atoms with Crippen LogP contribution in [0.1, 0.15) is 28.4 Å². The molecule has 2 rings (SSSR count). The lowest BCUT2D eigenvalue weighted by Crippen LogP contribution is -2.45. The molecule has 2 aromatic carbocycles. The number of carbonyl (C=O) groups is 3. The summed E-state index contributed by atoms with van der Waals surface area (Å²) in [5.74, 6) is -1.26. The van der Waals surface area contributed by atoms with E-state index in [-0.39, 0.29) is 5.91 Å². The van der Waals surface area contributed by atoms with E-state index in [1.807, 2.05) is 31.2 Å². The van der Waals surface area contributed by atoms with Crippen LogP contribution in [0.2, 0.25) is 0 Å². The first kappa shape index (κ1) is 18.2. The third kappa shape index (κ3) is 5.46. The fraction of sp³-hybridized carbons (Fsp3) is 0.211. The number of anilines is 1. The van der Waals surface area contributed by atoms with Crippen molar-refractivity contribution in [3.63, 3.8) is 0 Å². The number of aryl methyl sites for hydroxylation is 1. The summed E-state index contributed by atoms with van der Waals surface area (Å²) in [6, 6.07) is 13.3. The highest BCUT2D eigenvalue weighted by molar-refractivity contribution is 5.99. The lowest BCUT2D eigenvalue weighted by molar-refractivity contribution is -0.119. The maximum atomic E-state index is 12.4. The quantitative estimate of drug-likeness (QED) is 0.747. The topological polar surface area (TPSA) is 101 Å². The Balaban J connectivity index is 2.12. The van der Waals surface area contributed by atoms with Crippen molar-refractivity contribution in [3.8, 4) is 0 Å². The molecule has 3 amide bonds. The van der Waals surface area contributed by atoms with Crippen LogP contribution >= 0.6 is 0 Å². The van der Waals surface area contributed by atoms with Gasteiger partial charge in [-0.3, -0.25) is 14.4 Å². The van der Waals surface area contributed by atoms with Crippen LogP contribution in [0.15, 0.2) is 48.5 Å². The van der Waals surface area contributed by atoms with Crippen LogP contribution in [-0.2, 0) is 16.0 Å². The molecule has 0 spiro atoms. The van der Waals surface area contributed by atoms with Gasteiger partial charge in [-0.2, -0.15) is 0 Å². The number of nitrogens with one attached hydrogen (secondary N) is 2. The van der Waals surface area contributed by atoms with Gasteiger partial charge in [0.25, 0.3) is 5.91 Å². The zero-order valence-electron chi connectivity index (χ0n) is 14.2. The van der Waals surface area contributed by atoms with Crippen LogP contribution in [-0.4, -0.2) is 23.8 Å². The number of hydrogen-bond acceptors (Lipinski definition) is 3. The summed E-state index contributed by atoms with van der Waals surface area (Å²) in [5.41, 5.74) is 8.26. The van der Waals surface area contributed by atoms with Crippen LogP contribution in [0.5, 0.6) is 0 Å². The first-order valence-electron chi connectivity index (χ1n) is 7.88. The highest BCUT2D eigenvalue weighted by Gasteiger charge is 2.19. The van der Waals surface area contributed by atoms with E-state index in [1.54, 1.807) is 24.3 Å². The standard InChI is InChI=1S/C19H21N3O3/c1-12-5-3-6-14(9-12)10-17(18(20)24)22-19(25)15-7-4-8-16(11-15)21-13(2)23/h3-9,11,17H,10H2,1-2H3,(H2,20,24)(H,21,23)(H,22,25)/t17-/m1/s1. The molecular weight excluding hydrogens is 318 g/mol. The Hall–Kier alpha value is -3.15. The van der Waals surface area contributed by atoms with Gasteiger partial charge in [-0.25, -0.2) is 0 Å². The third-order valence-corrected chi connectivity index (χ3v) is 3.62. The monoisotopic (exact) mass is 339 g/mol. The SMILES string of the molecule is CC(=O)Nc1cccc(C(=O)N[C@H](Cc2cccc(C)c2)C(N)=O)c1. The summed E-state index contributed by atoms with van der Waals surface area (Å²) in [7, 11) is 0. The fourth-order valence-corrected chi connectivity index (χ4v) is 2.48. The lowest BCUT2D eigenvalue weighted by Gasteiger charge is -2.16. The van der Waals surface area contributed by atoms with E-state index in [0.717, 1.165) is 11.1 Å². The Kier molecular flexibility index (Phi) is 5.89. The van der Waals surface area contributed by atoms with Crippen molar-refractivity contribution in [1.29, 1.82) is 0 Å². The number of hydrogen-bond donors (Lipinski definition) is 3. The molecular formula is C19H21N3O3. The van der Waals surface area contributed by atoms with E-state index >= 15 is 0 Å². The van der Waals surface area contributed by atoms with Gasteiger partial charge in [-0.1, -0.05) is 35.9 Å². The van der Waals surface area contributed by atoms with Crippen molar-refractivity contribution in [3.05, 3.63) is 65.2 Å². The van der Waals surface area contributed by atoms with Crippen molar-refractivity contribution in [2.24, 2.45) is 5.73 Å². The van der Waals surface area contributed by atoms with Crippen molar-refractivity contribution < 1.29 is 14.4 Å². The summed E-state index contributed by atoms with van der Waals surface area (Å²) in [5, 5.41) is 5.27. The summed E-state index contributed by atoms with van der Waals surface area (Å²) in [6.45, 7) is 3.34. The average molecular weight is 339 g/mol. The molecule has 6 heteroatoms. The van der Waals surface area contributed by atoms with Crippen LogP contribution in [0.25, 0.3) is 0 Å². The van der Waals surface area contributed by atoms with Gasteiger partial charge >= 0.3 is 0 Å². The molecule has 0 aromatic heterocycles. The molecule has 0 radical (unpaired) electrons. The van der Waals surface area contributed by atoms with Gasteiger partial charge in [0.1, 0.15) is 6.04 Å². The molecule has 0 heterocycles. The minimum Gasteiger partial charge on any atom is -0.368 e. The lowest BCUT2D eigenvalue weighted by atomic mass is 10.0. The number of amides is 3. The van der Waals surface area contributed by atoms with E-state index in [9.17, 15) is 14.4 Å². The fourth-order valence-electron chi connectivity index (χ4n) is 2.48. The minimum absolute atomic E-state index is 0.230. The second-order valence-electron chi connectivity index (χ2n) is 5.88. The van der Waals surface area contributed by atoms with Gasteiger partial charge in [-0.05, 0) is 30.7 Å². The molecule has 0 fully saturated rings. The first-order chi connectivity index (χ1) is 11.8. The highest BCUT2D eigenvalue weighted by Crippen LogP contribution is 2.12. The predicted molar refractivity (Wildman–Crippen MR) is 96.1 cm³/mol. The molecule has 0 aliphatic carbocycles. The molecule has 4 N–H and O–H groups in total. The van der Waals surface area contributed by atoms with E-state index in [0.29, 0.717) is 17.7 Å². The normalized spacial score (nSPS) is 11.4. The zero-order chi connectivity index (χ0) is 18.4. The van der Waals surface area contributed by atoms with E-state index in [1.165, 1.54) is 6.92 Å². The Labute approximate surface area is 146 Å². The van der Waals surface area contributed by atoms with Gasteiger partial charge in [0.05, 0.1) is 0 Å². The molecule has 25 heavy (non-hydrogen) atoms. The van der Waals surface area contributed by atoms with E-state index < -0.39 is 17.9 Å². The smallest absolute Gasteiger partial charge is 0.252 e. The Morgan fingerprint density at radius 3 is 2.44 bits per heavy atom. The van der Waals surface area contributed by atoms with E-state index in [4.69, 9.17) is 5.73 Å². The van der Waals surface area contributed by atoms with Gasteiger partial charge in [0, 0.05) is 24.6 Å². The van der Waals surface area contributed by atoms with Crippen molar-refractivity contribution >= 4 is 23.4 Å². The minimum atomic E-state index is -0.821. The van der Waals surface area contributed by atoms with Crippen LogP contribution in [0.4, 0.5) is 5.69 Å². The van der Waals surface area contributed by atoms with Crippen molar-refractivity contribution in [2.45, 2.75) is 26.3 Å². The van der Waals surface area contributed by atoms with Crippen molar-refractivity contribution in [1.82, 2.24) is 5.32 Å². The average Bonchev–Trinajstić information content (AvgIpc) is 2.53. The second kappa shape index (κ2) is 8.10. The summed E-state index contributed by atoms with van der Waals surface area (Å²) in [4.78, 5) is 35.3. The maximum absolute atomic E-state index is 12.4. The number of carbonyl (C=O) groups excluding carboxylic acids is 3. The molecule has 1 atom stereocenters. The van der Waals surface area contributed by atoms with Gasteiger partial charge in [0.15, 0.2) is 0 Å². The Morgan fingerprint density at radius 1 is 1.08 bits per heavy atom. The number of rotatable bonds is 6. The first-order valence-corrected chi connectivity index (χ1v) is 7.88. The van der Waals surface area contributed by atoms with Crippen molar-refractivity contribution in [2.75, 3.05) is 5.32 Å². The second-order valence-corrected chi connectivity index (χ2v) is 5.88. The van der Waals surface area contributed by atoms with Gasteiger partial charge in [0.2, 0.25) is 11.8 Å². The number of primary amides is 1. The molecule has 0 saturated carbocycles. The molecule has 130 valence electrons. The summed E-state index contributed by atoms with van der Waals surface area (Å²) in [6.07, 6.45) is 0.314. The van der Waals surface area contributed by atoms with Crippen LogP contribution in [0, 0.1) is 6.92 Å². The molecule has 2 aromatic rings. The highest BCUT2D eigenvalue weighted by atomic mass is 16.2. The largest absolute Gasteiger partial charge is 0.368 e. The van der Waals surface area contributed by atoms with Gasteiger partial charge < -0.3 is 16.4 Å². The van der Waals surface area contributed by atoms with Gasteiger partial charge in [-0.15, -0.1) is 0 Å². The van der Waals surface area contributed by atoms with Crippen LogP contribution < -0.4 is 16.4 Å². The molecule has 0 bridgehead atoms. The maximum Gasteiger partial charge on any atom is 0.252 e. The molecule has 6 nitrogen and oxygen atoms in total. The Bertz CT molecular complexity index is 802. The van der Waals surface area contributed by atoms with Crippen LogP contribution in [0.3, 0.4) is 0 Å². The van der Waals surface area contributed by atoms with E-state index in [2.05, 4.69) is 10.6 Å². The molecule has 0 unspecified atom stereocenters. The summed E-state index contributed by atoms with van der Waals surface area (Å²) < 4.78 is 0. The molecule has 0 saturated heterocycles. The summed E-state index contributed by atoms with van der Waals surface area (Å²) >= 11 is 0. The zero-order valence-corrected chi connectivity index (χ0v) is 14.2. The number of benzene rings is 2. The number of nitrogens with two attached hydrogens (primary N) is 1. The predicted octanol–water partition coefficient (Wildman–Crippen LogP) is 1.78.